The first-order chi connectivity index (χ1) is 7.79. The number of hydrogen-bond acceptors (Lipinski definition) is 2. The molecular weight excluding hydrogens is 212 g/mol. The average Bonchev–Trinajstić information content (AvgIpc) is 2.44. The van der Waals surface area contributed by atoms with Crippen LogP contribution < -0.4 is 0 Å². The number of allylic oxidation sites excluding steroid dienone is 1. The topological polar surface area (TPSA) is 40.5 Å². The molecule has 1 saturated carbocycles. The van der Waals surface area contributed by atoms with E-state index in [4.69, 9.17) is 0 Å². The van der Waals surface area contributed by atoms with E-state index in [1.807, 2.05) is 0 Å². The first kappa shape index (κ1) is 13.1. The molecule has 102 valence electrons. The molecule has 0 heterocycles. The molecule has 2 rings (SSSR count). The van der Waals surface area contributed by atoms with E-state index in [0.29, 0.717) is 0 Å². The highest BCUT2D eigenvalue weighted by Gasteiger charge is 2.57. The first-order valence-electron chi connectivity index (χ1n) is 6.86. The van der Waals surface area contributed by atoms with Gasteiger partial charge in [-0.15, -0.1) is 0 Å². The van der Waals surface area contributed by atoms with Gasteiger partial charge in [0.15, 0.2) is 0 Å². The van der Waals surface area contributed by atoms with Crippen LogP contribution in [0.1, 0.15) is 56.2 Å². The van der Waals surface area contributed by atoms with E-state index in [1.165, 1.54) is 5.57 Å². The Morgan fingerprint density at radius 3 is 2.65 bits per heavy atom. The second-order valence-electron chi connectivity index (χ2n) is 6.80. The van der Waals surface area contributed by atoms with Gasteiger partial charge in [-0.2, -0.15) is 0 Å². The summed E-state index contributed by atoms with van der Waals surface area (Å²) in [5.41, 5.74) is 0.641. The van der Waals surface area contributed by atoms with Crippen molar-refractivity contribution in [2.45, 2.75) is 65.1 Å². The van der Waals surface area contributed by atoms with Crippen molar-refractivity contribution in [1.29, 1.82) is 0 Å². The number of hydrogen-bond donors (Lipinski definition) is 2. The van der Waals surface area contributed by atoms with Crippen LogP contribution in [-0.2, 0) is 0 Å². The van der Waals surface area contributed by atoms with Crippen molar-refractivity contribution >= 4 is 0 Å². The molecule has 0 aromatic carbocycles. The van der Waals surface area contributed by atoms with Gasteiger partial charge in [-0.1, -0.05) is 32.4 Å². The lowest BCUT2D eigenvalue weighted by molar-refractivity contribution is -0.108. The maximum Gasteiger partial charge on any atom is 0.0728 e. The predicted molar refractivity (Wildman–Crippen MR) is 73.8 cm³/mol. The molecule has 0 aromatic heterocycles. The summed E-state index contributed by atoms with van der Waals surface area (Å²) in [6.07, 6.45) is 5.43. The minimum Gasteiger partial charge on any atom is -0.392 e. The van der Waals surface area contributed by atoms with Gasteiger partial charge in [-0.3, -0.25) is 0 Å². The first-order valence-corrected chi connectivity index (χ1v) is 6.86. The highest BCUT2D eigenvalue weighted by Crippen LogP contribution is 2.57. The standard InChI is InChI=1S/C15H26O2.2H2/c1-10(2)15(17)8-7-14(4)6-5-11(3)9-12(16)13(14)15;;/h5,10,12-13,16-17H,6-9H2,1-4H3;2*1H/t12-,13+,14-,15+;;/m0../s1. The fraction of sp³-hybridized carbons (Fsp3) is 0.867. The smallest absolute Gasteiger partial charge is 0.0728 e. The lowest BCUT2D eigenvalue weighted by Crippen LogP contribution is -2.48. The summed E-state index contributed by atoms with van der Waals surface area (Å²) in [5, 5.41) is 21.4. The van der Waals surface area contributed by atoms with Gasteiger partial charge in [0.05, 0.1) is 11.7 Å². The second kappa shape index (κ2) is 4.10. The van der Waals surface area contributed by atoms with Gasteiger partial charge in [0.2, 0.25) is 0 Å². The van der Waals surface area contributed by atoms with E-state index in [-0.39, 0.29) is 20.1 Å². The number of fused-ring (bicyclic) bond motifs is 1. The molecule has 1 fully saturated rings. The van der Waals surface area contributed by atoms with Gasteiger partial charge in [-0.05, 0) is 43.9 Å². The van der Waals surface area contributed by atoms with Crippen LogP contribution >= 0.6 is 0 Å². The molecule has 0 saturated heterocycles. The molecule has 0 radical (unpaired) electrons. The zero-order valence-corrected chi connectivity index (χ0v) is 11.5. The Hall–Kier alpha value is -0.340. The lowest BCUT2D eigenvalue weighted by Gasteiger charge is -2.42. The molecule has 4 atom stereocenters. The van der Waals surface area contributed by atoms with Crippen LogP contribution in [0, 0.1) is 17.3 Å². The van der Waals surface area contributed by atoms with Crippen LogP contribution in [0.5, 0.6) is 0 Å². The summed E-state index contributed by atoms with van der Waals surface area (Å²) in [4.78, 5) is 0. The Balaban J connectivity index is 0.00000162. The molecule has 2 aliphatic carbocycles. The van der Waals surface area contributed by atoms with E-state index in [2.05, 4.69) is 33.8 Å². The van der Waals surface area contributed by atoms with Crippen molar-refractivity contribution in [3.63, 3.8) is 0 Å². The van der Waals surface area contributed by atoms with E-state index >= 15 is 0 Å². The van der Waals surface area contributed by atoms with Crippen molar-refractivity contribution in [2.24, 2.45) is 17.3 Å². The van der Waals surface area contributed by atoms with Crippen LogP contribution in [0.15, 0.2) is 11.6 Å². The van der Waals surface area contributed by atoms with E-state index in [9.17, 15) is 10.2 Å². The molecular formula is C15H30O2. The van der Waals surface area contributed by atoms with Crippen LogP contribution in [0.25, 0.3) is 0 Å². The summed E-state index contributed by atoms with van der Waals surface area (Å²) in [5.74, 6) is 0.228. The third-order valence-electron chi connectivity index (χ3n) is 5.22. The fourth-order valence-corrected chi connectivity index (χ4v) is 4.01. The van der Waals surface area contributed by atoms with Crippen molar-refractivity contribution in [1.82, 2.24) is 0 Å². The van der Waals surface area contributed by atoms with Crippen LogP contribution in [0.4, 0.5) is 0 Å². The van der Waals surface area contributed by atoms with Gasteiger partial charge >= 0.3 is 0 Å². The van der Waals surface area contributed by atoms with Crippen LogP contribution in [0.3, 0.4) is 0 Å². The third-order valence-corrected chi connectivity index (χ3v) is 5.22. The monoisotopic (exact) mass is 242 g/mol. The average molecular weight is 242 g/mol. The molecule has 0 aromatic rings. The second-order valence-corrected chi connectivity index (χ2v) is 6.80. The largest absolute Gasteiger partial charge is 0.392 e. The number of rotatable bonds is 1. The number of aliphatic hydroxyl groups excluding tert-OH is 1. The van der Waals surface area contributed by atoms with Crippen molar-refractivity contribution < 1.29 is 13.1 Å². The molecule has 0 aliphatic heterocycles. The molecule has 0 spiro atoms. The minimum atomic E-state index is -0.688. The minimum absolute atomic E-state index is 0. The summed E-state index contributed by atoms with van der Waals surface area (Å²) in [6, 6.07) is 0. The zero-order valence-electron chi connectivity index (χ0n) is 11.5. The van der Waals surface area contributed by atoms with Crippen LogP contribution in [0.2, 0.25) is 0 Å². The van der Waals surface area contributed by atoms with Gasteiger partial charge in [-0.25, -0.2) is 0 Å². The molecule has 2 aliphatic rings. The SMILES string of the molecule is CC1=CC[C@@]2(C)CC[C@@](O)(C(C)C)[C@@H]2[C@@H](O)C1.[HH].[HH]. The molecule has 0 amide bonds. The Labute approximate surface area is 108 Å². The van der Waals surface area contributed by atoms with Gasteiger partial charge < -0.3 is 10.2 Å². The van der Waals surface area contributed by atoms with E-state index in [0.717, 1.165) is 25.7 Å². The maximum absolute atomic E-state index is 10.9. The van der Waals surface area contributed by atoms with Crippen molar-refractivity contribution in [2.75, 3.05) is 0 Å². The molecule has 2 nitrogen and oxygen atoms in total. The summed E-state index contributed by atoms with van der Waals surface area (Å²) in [6.45, 7) is 8.46. The fourth-order valence-electron chi connectivity index (χ4n) is 4.01. The Bertz CT molecular complexity index is 343. The molecule has 2 heteroatoms. The van der Waals surface area contributed by atoms with E-state index in [1.54, 1.807) is 0 Å². The summed E-state index contributed by atoms with van der Waals surface area (Å²) >= 11 is 0. The molecule has 2 N–H and O–H groups in total. The Morgan fingerprint density at radius 2 is 2.06 bits per heavy atom. The highest BCUT2D eigenvalue weighted by atomic mass is 16.3. The molecule has 0 unspecified atom stereocenters. The lowest BCUT2D eigenvalue weighted by atomic mass is 9.68. The zero-order chi connectivity index (χ0) is 12.8. The Morgan fingerprint density at radius 1 is 1.41 bits per heavy atom. The summed E-state index contributed by atoms with van der Waals surface area (Å²) < 4.78 is 0. The normalized spacial score (nSPS) is 46.6. The van der Waals surface area contributed by atoms with Crippen molar-refractivity contribution in [3.05, 3.63) is 11.6 Å². The van der Waals surface area contributed by atoms with Crippen molar-refractivity contribution in [3.8, 4) is 0 Å². The van der Waals surface area contributed by atoms with Crippen LogP contribution in [-0.4, -0.2) is 21.9 Å². The quantitative estimate of drug-likeness (QED) is 0.692. The maximum atomic E-state index is 10.9. The van der Waals surface area contributed by atoms with Gasteiger partial charge in [0.25, 0.3) is 0 Å². The summed E-state index contributed by atoms with van der Waals surface area (Å²) in [7, 11) is 0. The number of aliphatic hydroxyl groups is 2. The molecule has 0 bridgehead atoms. The third kappa shape index (κ3) is 1.96. The Kier molecular flexibility index (Phi) is 3.16. The highest BCUT2D eigenvalue weighted by molar-refractivity contribution is 5.16. The molecule has 17 heavy (non-hydrogen) atoms. The van der Waals surface area contributed by atoms with Gasteiger partial charge in [0, 0.05) is 8.77 Å². The predicted octanol–water partition coefficient (Wildman–Crippen LogP) is 3.38. The van der Waals surface area contributed by atoms with E-state index < -0.39 is 11.7 Å². The van der Waals surface area contributed by atoms with Gasteiger partial charge in [0.1, 0.15) is 0 Å².